The number of benzene rings is 1. The number of pyridine rings is 1. The number of nitrogens with one attached hydrogen (secondary N) is 1. The van der Waals surface area contributed by atoms with Gasteiger partial charge in [0, 0.05) is 37.5 Å². The van der Waals surface area contributed by atoms with Crippen LogP contribution < -0.4 is 10.1 Å². The van der Waals surface area contributed by atoms with Crippen LogP contribution in [0.3, 0.4) is 0 Å². The summed E-state index contributed by atoms with van der Waals surface area (Å²) >= 11 is 0. The maximum atomic E-state index is 12.5. The van der Waals surface area contributed by atoms with E-state index in [2.05, 4.69) is 10.3 Å². The van der Waals surface area contributed by atoms with Crippen molar-refractivity contribution in [3.63, 3.8) is 0 Å². The standard InChI is InChI=1S/C18H18F3N3O2.2ClH/c1-24(14-8-9-22-11-14)17(25)12-2-5-15(6-3-12)26-16-7-4-13(10-23-16)18(19,20)21;;/h2-7,10,14,22H,8-9,11H2,1H3;2*1H. The molecule has 10 heteroatoms. The van der Waals surface area contributed by atoms with E-state index in [1.807, 2.05) is 0 Å². The summed E-state index contributed by atoms with van der Waals surface area (Å²) in [4.78, 5) is 17.8. The second kappa shape index (κ2) is 9.95. The SMILES string of the molecule is CN(C(=O)c1ccc(Oc2ccc(C(F)(F)F)cn2)cc1)C1CCNC1.Cl.Cl. The largest absolute Gasteiger partial charge is 0.439 e. The maximum Gasteiger partial charge on any atom is 0.417 e. The van der Waals surface area contributed by atoms with Crippen molar-refractivity contribution in [3.8, 4) is 11.6 Å². The molecule has 1 N–H and O–H groups in total. The van der Waals surface area contributed by atoms with Crippen LogP contribution in [0.15, 0.2) is 42.6 Å². The Labute approximate surface area is 173 Å². The van der Waals surface area contributed by atoms with Gasteiger partial charge in [-0.05, 0) is 43.3 Å². The van der Waals surface area contributed by atoms with Crippen molar-refractivity contribution in [1.82, 2.24) is 15.2 Å². The van der Waals surface area contributed by atoms with Gasteiger partial charge in [0.1, 0.15) is 5.75 Å². The van der Waals surface area contributed by atoms with Gasteiger partial charge in [0.2, 0.25) is 5.88 Å². The second-order valence-corrected chi connectivity index (χ2v) is 6.07. The van der Waals surface area contributed by atoms with E-state index in [-0.39, 0.29) is 42.6 Å². The molecule has 1 unspecified atom stereocenters. The molecule has 0 bridgehead atoms. The molecule has 1 aromatic heterocycles. The van der Waals surface area contributed by atoms with Crippen LogP contribution in [0.25, 0.3) is 0 Å². The molecule has 3 rings (SSSR count). The van der Waals surface area contributed by atoms with Crippen LogP contribution in [0, 0.1) is 0 Å². The van der Waals surface area contributed by atoms with Crippen molar-refractivity contribution in [1.29, 1.82) is 0 Å². The molecule has 1 fully saturated rings. The molecular weight excluding hydrogens is 418 g/mol. The fraction of sp³-hybridized carbons (Fsp3) is 0.333. The summed E-state index contributed by atoms with van der Waals surface area (Å²) in [5, 5.41) is 3.22. The summed E-state index contributed by atoms with van der Waals surface area (Å²) in [5.41, 5.74) is -0.317. The Balaban J connectivity index is 0.00000196. The van der Waals surface area contributed by atoms with Crippen LogP contribution in [0.2, 0.25) is 0 Å². The first-order valence-corrected chi connectivity index (χ1v) is 8.13. The molecule has 1 amide bonds. The number of carbonyl (C=O) groups is 1. The van der Waals surface area contributed by atoms with Crippen LogP contribution in [0.5, 0.6) is 11.6 Å². The molecule has 2 aromatic rings. The van der Waals surface area contributed by atoms with E-state index in [4.69, 9.17) is 4.74 Å². The van der Waals surface area contributed by atoms with E-state index in [1.54, 1.807) is 36.2 Å². The molecule has 0 aliphatic carbocycles. The molecule has 0 saturated carbocycles. The Morgan fingerprint density at radius 2 is 1.86 bits per heavy atom. The average Bonchev–Trinajstić information content (AvgIpc) is 3.15. The van der Waals surface area contributed by atoms with Crippen LogP contribution in [-0.2, 0) is 6.18 Å². The minimum atomic E-state index is -4.44. The highest BCUT2D eigenvalue weighted by atomic mass is 35.5. The highest BCUT2D eigenvalue weighted by molar-refractivity contribution is 5.94. The van der Waals surface area contributed by atoms with Crippen molar-refractivity contribution in [3.05, 3.63) is 53.7 Å². The lowest BCUT2D eigenvalue weighted by Crippen LogP contribution is -2.38. The fourth-order valence-corrected chi connectivity index (χ4v) is 2.73. The Morgan fingerprint density at radius 3 is 2.36 bits per heavy atom. The first kappa shape index (κ1) is 24.0. The smallest absolute Gasteiger partial charge is 0.417 e. The van der Waals surface area contributed by atoms with Crippen LogP contribution in [0.1, 0.15) is 22.3 Å². The third-order valence-electron chi connectivity index (χ3n) is 4.29. The number of likely N-dealkylation sites (N-methyl/N-ethyl adjacent to an activating group) is 1. The predicted octanol–water partition coefficient (Wildman–Crippen LogP) is 4.17. The summed E-state index contributed by atoms with van der Waals surface area (Å²) in [6.45, 7) is 1.68. The first-order valence-electron chi connectivity index (χ1n) is 8.13. The number of hydrogen-bond acceptors (Lipinski definition) is 4. The first-order chi connectivity index (χ1) is 12.3. The summed E-state index contributed by atoms with van der Waals surface area (Å²) in [7, 11) is 1.77. The molecule has 154 valence electrons. The lowest BCUT2D eigenvalue weighted by molar-refractivity contribution is -0.137. The normalized spacial score (nSPS) is 15.9. The lowest BCUT2D eigenvalue weighted by atomic mass is 10.1. The second-order valence-electron chi connectivity index (χ2n) is 6.07. The van der Waals surface area contributed by atoms with Gasteiger partial charge < -0.3 is 15.0 Å². The molecule has 2 heterocycles. The molecule has 1 aliphatic heterocycles. The van der Waals surface area contributed by atoms with E-state index < -0.39 is 11.7 Å². The number of nitrogens with zero attached hydrogens (tertiary/aromatic N) is 2. The molecule has 0 spiro atoms. The van der Waals surface area contributed by atoms with Gasteiger partial charge in [-0.2, -0.15) is 13.2 Å². The van der Waals surface area contributed by atoms with E-state index in [1.165, 1.54) is 0 Å². The average molecular weight is 438 g/mol. The Bertz CT molecular complexity index is 765. The molecule has 1 saturated heterocycles. The Kier molecular flexibility index (Phi) is 8.53. The third kappa shape index (κ3) is 5.73. The maximum absolute atomic E-state index is 12.5. The van der Waals surface area contributed by atoms with Crippen molar-refractivity contribution in [2.75, 3.05) is 20.1 Å². The summed E-state index contributed by atoms with van der Waals surface area (Å²) in [5.74, 6) is 0.350. The zero-order chi connectivity index (χ0) is 18.7. The summed E-state index contributed by atoms with van der Waals surface area (Å²) < 4.78 is 43.0. The quantitative estimate of drug-likeness (QED) is 0.779. The van der Waals surface area contributed by atoms with Gasteiger partial charge in [0.05, 0.1) is 5.56 Å². The predicted molar refractivity (Wildman–Crippen MR) is 104 cm³/mol. The Morgan fingerprint density at radius 1 is 1.18 bits per heavy atom. The van der Waals surface area contributed by atoms with Gasteiger partial charge in [-0.25, -0.2) is 4.98 Å². The summed E-state index contributed by atoms with van der Waals surface area (Å²) in [6, 6.07) is 8.67. The Hall–Kier alpha value is -2.03. The van der Waals surface area contributed by atoms with Crippen LogP contribution in [-0.4, -0.2) is 42.0 Å². The monoisotopic (exact) mass is 437 g/mol. The number of amides is 1. The van der Waals surface area contributed by atoms with Crippen molar-refractivity contribution in [2.24, 2.45) is 0 Å². The third-order valence-corrected chi connectivity index (χ3v) is 4.29. The van der Waals surface area contributed by atoms with Crippen LogP contribution >= 0.6 is 24.8 Å². The number of ether oxygens (including phenoxy) is 1. The van der Waals surface area contributed by atoms with E-state index >= 15 is 0 Å². The highest BCUT2D eigenvalue weighted by Crippen LogP contribution is 2.30. The number of carbonyl (C=O) groups excluding carboxylic acids is 1. The fourth-order valence-electron chi connectivity index (χ4n) is 2.73. The molecular formula is C18H20Cl2F3N3O2. The molecule has 1 atom stereocenters. The minimum absolute atomic E-state index is 0. The van der Waals surface area contributed by atoms with Crippen molar-refractivity contribution in [2.45, 2.75) is 18.6 Å². The molecule has 1 aliphatic rings. The lowest BCUT2D eigenvalue weighted by Gasteiger charge is -2.23. The van der Waals surface area contributed by atoms with E-state index in [0.717, 1.165) is 37.8 Å². The number of halogens is 5. The van der Waals surface area contributed by atoms with Crippen molar-refractivity contribution >= 4 is 30.7 Å². The van der Waals surface area contributed by atoms with Crippen molar-refractivity contribution < 1.29 is 22.7 Å². The van der Waals surface area contributed by atoms with Gasteiger partial charge in [0.15, 0.2) is 0 Å². The van der Waals surface area contributed by atoms with E-state index in [0.29, 0.717) is 11.3 Å². The van der Waals surface area contributed by atoms with E-state index in [9.17, 15) is 18.0 Å². The van der Waals surface area contributed by atoms with Gasteiger partial charge in [-0.15, -0.1) is 24.8 Å². The number of alkyl halides is 3. The summed E-state index contributed by atoms with van der Waals surface area (Å²) in [6.07, 6.45) is -2.80. The van der Waals surface area contributed by atoms with Gasteiger partial charge in [-0.3, -0.25) is 4.79 Å². The number of aromatic nitrogens is 1. The zero-order valence-corrected chi connectivity index (χ0v) is 16.5. The molecule has 0 radical (unpaired) electrons. The minimum Gasteiger partial charge on any atom is -0.439 e. The molecule has 1 aromatic carbocycles. The van der Waals surface area contributed by atoms with Crippen LogP contribution in [0.4, 0.5) is 13.2 Å². The van der Waals surface area contributed by atoms with Gasteiger partial charge in [0.25, 0.3) is 5.91 Å². The zero-order valence-electron chi connectivity index (χ0n) is 14.9. The molecule has 28 heavy (non-hydrogen) atoms. The van der Waals surface area contributed by atoms with Gasteiger partial charge >= 0.3 is 6.18 Å². The molecule has 5 nitrogen and oxygen atoms in total. The number of rotatable bonds is 4. The highest BCUT2D eigenvalue weighted by Gasteiger charge is 2.30. The topological polar surface area (TPSA) is 54.5 Å². The van der Waals surface area contributed by atoms with Gasteiger partial charge in [-0.1, -0.05) is 0 Å². The number of hydrogen-bond donors (Lipinski definition) is 1.